The van der Waals surface area contributed by atoms with Gasteiger partial charge in [0.2, 0.25) is 0 Å². The normalized spacial score (nSPS) is 25.9. The topological polar surface area (TPSA) is 36.3 Å². The Morgan fingerprint density at radius 3 is 2.47 bits per heavy atom. The van der Waals surface area contributed by atoms with E-state index in [9.17, 15) is 0 Å². The van der Waals surface area contributed by atoms with Gasteiger partial charge in [0, 0.05) is 12.6 Å². The summed E-state index contributed by atoms with van der Waals surface area (Å²) in [6.07, 6.45) is 6.70. The first-order valence-corrected chi connectivity index (χ1v) is 5.95. The molecule has 0 aromatic carbocycles. The van der Waals surface area contributed by atoms with Gasteiger partial charge in [0.15, 0.2) is 0 Å². The summed E-state index contributed by atoms with van der Waals surface area (Å²) in [6.45, 7) is 2.13. The average Bonchev–Trinajstić information content (AvgIpc) is 2.24. The fourth-order valence-electron chi connectivity index (χ4n) is 2.67. The van der Waals surface area contributed by atoms with Crippen LogP contribution in [0.25, 0.3) is 0 Å². The van der Waals surface area contributed by atoms with Crippen molar-refractivity contribution < 1.29 is 4.74 Å². The third-order valence-corrected chi connectivity index (χ3v) is 3.74. The van der Waals surface area contributed by atoms with Crippen molar-refractivity contribution in [3.05, 3.63) is 0 Å². The predicted molar refractivity (Wildman–Crippen MR) is 58.4 cm³/mol. The Hall–Kier alpha value is -0.590. The zero-order chi connectivity index (χ0) is 10.7. The van der Waals surface area contributed by atoms with Crippen molar-refractivity contribution in [1.29, 1.82) is 5.26 Å². The van der Waals surface area contributed by atoms with E-state index in [0.29, 0.717) is 19.3 Å². The lowest BCUT2D eigenvalue weighted by Crippen LogP contribution is -2.51. The Balaban J connectivity index is 1.85. The standard InChI is InChI=1S/C12H20N2O/c1-14(11-5-3-2-4-6-11)8-12(7-13)9-15-10-12/h11H,2-6,8-10H2,1H3. The minimum Gasteiger partial charge on any atom is -0.378 e. The lowest BCUT2D eigenvalue weighted by Gasteiger charge is -2.41. The summed E-state index contributed by atoms with van der Waals surface area (Å²) in [6, 6.07) is 3.12. The van der Waals surface area contributed by atoms with Gasteiger partial charge in [-0.3, -0.25) is 0 Å². The van der Waals surface area contributed by atoms with Crippen molar-refractivity contribution in [2.45, 2.75) is 38.1 Å². The molecule has 0 bridgehead atoms. The third-order valence-electron chi connectivity index (χ3n) is 3.74. The van der Waals surface area contributed by atoms with Crippen LogP contribution in [-0.2, 0) is 4.74 Å². The van der Waals surface area contributed by atoms with Crippen molar-refractivity contribution in [3.8, 4) is 6.07 Å². The maximum atomic E-state index is 9.13. The summed E-state index contributed by atoms with van der Waals surface area (Å²) in [5.41, 5.74) is -0.202. The van der Waals surface area contributed by atoms with E-state index in [0.717, 1.165) is 6.54 Å². The Labute approximate surface area is 92.0 Å². The molecule has 1 saturated carbocycles. The van der Waals surface area contributed by atoms with E-state index in [2.05, 4.69) is 18.0 Å². The second-order valence-electron chi connectivity index (χ2n) is 5.09. The zero-order valence-electron chi connectivity index (χ0n) is 9.54. The smallest absolute Gasteiger partial charge is 0.116 e. The van der Waals surface area contributed by atoms with Crippen molar-refractivity contribution >= 4 is 0 Å². The molecule has 1 aliphatic heterocycles. The van der Waals surface area contributed by atoms with Gasteiger partial charge in [-0.2, -0.15) is 5.26 Å². The van der Waals surface area contributed by atoms with E-state index >= 15 is 0 Å². The van der Waals surface area contributed by atoms with Gasteiger partial charge in [-0.25, -0.2) is 0 Å². The molecule has 0 atom stereocenters. The summed E-state index contributed by atoms with van der Waals surface area (Å²) in [5.74, 6) is 0. The van der Waals surface area contributed by atoms with E-state index in [1.807, 2.05) is 0 Å². The molecule has 0 radical (unpaired) electrons. The zero-order valence-corrected chi connectivity index (χ0v) is 9.54. The highest BCUT2D eigenvalue weighted by molar-refractivity contribution is 5.05. The van der Waals surface area contributed by atoms with Crippen LogP contribution in [0, 0.1) is 16.7 Å². The van der Waals surface area contributed by atoms with E-state index in [-0.39, 0.29) is 5.41 Å². The number of hydrogen-bond donors (Lipinski definition) is 0. The SMILES string of the molecule is CN(CC1(C#N)COC1)C1CCCCC1. The molecule has 0 N–H and O–H groups in total. The second-order valence-corrected chi connectivity index (χ2v) is 5.09. The van der Waals surface area contributed by atoms with Crippen LogP contribution in [0.3, 0.4) is 0 Å². The van der Waals surface area contributed by atoms with E-state index in [4.69, 9.17) is 10.00 Å². The predicted octanol–water partition coefficient (Wildman–Crippen LogP) is 1.79. The van der Waals surface area contributed by atoms with Crippen molar-refractivity contribution in [3.63, 3.8) is 0 Å². The Morgan fingerprint density at radius 1 is 1.33 bits per heavy atom. The van der Waals surface area contributed by atoms with E-state index in [1.165, 1.54) is 32.1 Å². The van der Waals surface area contributed by atoms with Crippen molar-refractivity contribution in [1.82, 2.24) is 4.90 Å². The highest BCUT2D eigenvalue weighted by Crippen LogP contribution is 2.30. The van der Waals surface area contributed by atoms with Crippen LogP contribution < -0.4 is 0 Å². The van der Waals surface area contributed by atoms with Crippen LogP contribution in [0.1, 0.15) is 32.1 Å². The molecule has 1 aliphatic carbocycles. The molecule has 0 amide bonds. The molecule has 0 aromatic rings. The van der Waals surface area contributed by atoms with Gasteiger partial charge in [0.1, 0.15) is 5.41 Å². The van der Waals surface area contributed by atoms with Gasteiger partial charge in [0.05, 0.1) is 19.3 Å². The summed E-state index contributed by atoms with van der Waals surface area (Å²) >= 11 is 0. The molecular weight excluding hydrogens is 188 g/mol. The number of ether oxygens (including phenoxy) is 1. The Bertz CT molecular complexity index is 249. The molecule has 0 unspecified atom stereocenters. The highest BCUT2D eigenvalue weighted by Gasteiger charge is 2.40. The van der Waals surface area contributed by atoms with Crippen LogP contribution in [0.5, 0.6) is 0 Å². The molecule has 0 aromatic heterocycles. The van der Waals surface area contributed by atoms with Crippen LogP contribution >= 0.6 is 0 Å². The first-order valence-electron chi connectivity index (χ1n) is 5.95. The maximum Gasteiger partial charge on any atom is 0.116 e. The molecule has 2 rings (SSSR count). The van der Waals surface area contributed by atoms with Gasteiger partial charge in [0.25, 0.3) is 0 Å². The molecule has 84 valence electrons. The average molecular weight is 208 g/mol. The van der Waals surface area contributed by atoms with Gasteiger partial charge in [-0.1, -0.05) is 19.3 Å². The minimum absolute atomic E-state index is 0.202. The van der Waals surface area contributed by atoms with Crippen molar-refractivity contribution in [2.24, 2.45) is 5.41 Å². The summed E-state index contributed by atoms with van der Waals surface area (Å²) < 4.78 is 5.17. The quantitative estimate of drug-likeness (QED) is 0.709. The summed E-state index contributed by atoms with van der Waals surface area (Å²) in [5, 5.41) is 9.13. The first kappa shape index (κ1) is 10.9. The number of nitrogens with zero attached hydrogens (tertiary/aromatic N) is 2. The summed E-state index contributed by atoms with van der Waals surface area (Å²) in [4.78, 5) is 2.38. The van der Waals surface area contributed by atoms with Crippen LogP contribution in [0.4, 0.5) is 0 Å². The monoisotopic (exact) mass is 208 g/mol. The molecular formula is C12H20N2O. The molecule has 3 nitrogen and oxygen atoms in total. The molecule has 2 fully saturated rings. The number of nitriles is 1. The molecule has 15 heavy (non-hydrogen) atoms. The van der Waals surface area contributed by atoms with Crippen LogP contribution in [0.2, 0.25) is 0 Å². The maximum absolute atomic E-state index is 9.13. The second kappa shape index (κ2) is 4.51. The lowest BCUT2D eigenvalue weighted by atomic mass is 9.85. The van der Waals surface area contributed by atoms with Gasteiger partial charge in [-0.15, -0.1) is 0 Å². The van der Waals surface area contributed by atoms with Gasteiger partial charge < -0.3 is 9.64 Å². The largest absolute Gasteiger partial charge is 0.378 e. The van der Waals surface area contributed by atoms with E-state index < -0.39 is 0 Å². The summed E-state index contributed by atoms with van der Waals surface area (Å²) in [7, 11) is 2.16. The fraction of sp³-hybridized carbons (Fsp3) is 0.917. The molecule has 1 heterocycles. The molecule has 3 heteroatoms. The molecule has 1 saturated heterocycles. The van der Waals surface area contributed by atoms with E-state index in [1.54, 1.807) is 0 Å². The number of rotatable bonds is 3. The molecule has 0 spiro atoms. The van der Waals surface area contributed by atoms with Gasteiger partial charge in [-0.05, 0) is 19.9 Å². The molecule has 2 aliphatic rings. The van der Waals surface area contributed by atoms with Crippen LogP contribution in [-0.4, -0.2) is 37.7 Å². The Kier molecular flexibility index (Phi) is 3.28. The highest BCUT2D eigenvalue weighted by atomic mass is 16.5. The number of hydrogen-bond acceptors (Lipinski definition) is 3. The van der Waals surface area contributed by atoms with Crippen molar-refractivity contribution in [2.75, 3.05) is 26.8 Å². The minimum atomic E-state index is -0.202. The van der Waals surface area contributed by atoms with Gasteiger partial charge >= 0.3 is 0 Å². The third kappa shape index (κ3) is 2.32. The fourth-order valence-corrected chi connectivity index (χ4v) is 2.67. The first-order chi connectivity index (χ1) is 7.26. The lowest BCUT2D eigenvalue weighted by molar-refractivity contribution is -0.0937. The van der Waals surface area contributed by atoms with Crippen LogP contribution in [0.15, 0.2) is 0 Å². The Morgan fingerprint density at radius 2 is 2.00 bits per heavy atom.